The van der Waals surface area contributed by atoms with Crippen molar-refractivity contribution in [1.82, 2.24) is 14.9 Å². The van der Waals surface area contributed by atoms with E-state index in [4.69, 9.17) is 4.98 Å². The maximum absolute atomic E-state index is 14.1. The van der Waals surface area contributed by atoms with Crippen molar-refractivity contribution < 1.29 is 9.59 Å². The van der Waals surface area contributed by atoms with E-state index in [0.29, 0.717) is 35.9 Å². The number of carbonyl (C=O) groups excluding carboxylic acids is 2. The Labute approximate surface area is 221 Å². The van der Waals surface area contributed by atoms with Gasteiger partial charge in [0.15, 0.2) is 5.78 Å². The summed E-state index contributed by atoms with van der Waals surface area (Å²) >= 11 is 1.58. The van der Waals surface area contributed by atoms with Crippen molar-refractivity contribution in [3.05, 3.63) is 83.1 Å². The summed E-state index contributed by atoms with van der Waals surface area (Å²) in [6.45, 7) is 2.73. The van der Waals surface area contributed by atoms with Gasteiger partial charge in [0.1, 0.15) is 5.69 Å². The fraction of sp³-hybridized carbons (Fsp3) is 0.355. The van der Waals surface area contributed by atoms with E-state index in [0.717, 1.165) is 45.7 Å². The Morgan fingerprint density at radius 1 is 1.00 bits per heavy atom. The van der Waals surface area contributed by atoms with Gasteiger partial charge in [-0.25, -0.2) is 4.98 Å². The average molecular weight is 510 g/mol. The number of carbonyl (C=O) groups is 2. The van der Waals surface area contributed by atoms with E-state index < -0.39 is 0 Å². The monoisotopic (exact) mass is 509 g/mol. The van der Waals surface area contributed by atoms with Crippen LogP contribution in [0.25, 0.3) is 21.3 Å². The molecule has 188 valence electrons. The Morgan fingerprint density at radius 3 is 2.68 bits per heavy atom. The number of rotatable bonds is 6. The molecule has 4 aromatic rings. The maximum atomic E-state index is 14.1. The lowest BCUT2D eigenvalue weighted by Crippen LogP contribution is -2.38. The smallest absolute Gasteiger partial charge is 0.274 e. The number of aryl methyl sites for hydroxylation is 1. The number of pyridine rings is 1. The minimum atomic E-state index is 0.0156. The molecule has 1 saturated carbocycles. The standard InChI is InChI=1S/C31H31N3O2S/c1-20-33-29(30(37-20)22-9-3-2-4-10-22)31(36)34-19-23-11-5-6-14-24(23)26(34)16-17-27(35)25-15-7-12-21-13-8-18-32-28(21)25/h2-4,7-10,12-13,15,18,23-24,26H,5-6,11,14,16-17,19H2,1H3/t23-,24+,26-/m1/s1. The van der Waals surface area contributed by atoms with Crippen LogP contribution < -0.4 is 0 Å². The maximum Gasteiger partial charge on any atom is 0.274 e. The van der Waals surface area contributed by atoms with Gasteiger partial charge in [-0.05, 0) is 55.7 Å². The third kappa shape index (κ3) is 4.59. The zero-order chi connectivity index (χ0) is 25.4. The molecule has 0 radical (unpaired) electrons. The number of hydrogen-bond acceptors (Lipinski definition) is 5. The highest BCUT2D eigenvalue weighted by Crippen LogP contribution is 2.43. The Bertz CT molecular complexity index is 1440. The summed E-state index contributed by atoms with van der Waals surface area (Å²) < 4.78 is 0. The number of hydrogen-bond donors (Lipinski definition) is 0. The van der Waals surface area contributed by atoms with Crippen molar-refractivity contribution in [2.24, 2.45) is 11.8 Å². The number of nitrogens with zero attached hydrogens (tertiary/aromatic N) is 3. The lowest BCUT2D eigenvalue weighted by Gasteiger charge is -2.30. The quantitative estimate of drug-likeness (QED) is 0.264. The Morgan fingerprint density at radius 2 is 1.81 bits per heavy atom. The second kappa shape index (κ2) is 10.2. The van der Waals surface area contributed by atoms with Gasteiger partial charge in [-0.2, -0.15) is 0 Å². The predicted octanol–water partition coefficient (Wildman–Crippen LogP) is 6.96. The first kappa shape index (κ1) is 24.0. The van der Waals surface area contributed by atoms with Crippen LogP contribution in [0.3, 0.4) is 0 Å². The van der Waals surface area contributed by atoms with Gasteiger partial charge in [0, 0.05) is 36.2 Å². The van der Waals surface area contributed by atoms with E-state index in [2.05, 4.69) is 9.88 Å². The van der Waals surface area contributed by atoms with Gasteiger partial charge in [-0.3, -0.25) is 14.6 Å². The first-order valence-corrected chi connectivity index (χ1v) is 14.1. The summed E-state index contributed by atoms with van der Waals surface area (Å²) in [4.78, 5) is 39.7. The van der Waals surface area contributed by atoms with Gasteiger partial charge in [0.2, 0.25) is 0 Å². The van der Waals surface area contributed by atoms with Crippen LogP contribution in [-0.2, 0) is 0 Å². The lowest BCUT2D eigenvalue weighted by atomic mass is 9.77. The number of amides is 1. The highest BCUT2D eigenvalue weighted by molar-refractivity contribution is 7.15. The molecule has 2 aromatic heterocycles. The molecule has 5 nitrogen and oxygen atoms in total. The SMILES string of the molecule is Cc1nc(C(=O)N2C[C@H]3CCCC[C@@H]3[C@H]2CCC(=O)c2cccc3cccnc23)c(-c2ccccc2)s1. The lowest BCUT2D eigenvalue weighted by molar-refractivity contribution is 0.0693. The topological polar surface area (TPSA) is 63.2 Å². The molecule has 3 heterocycles. The van der Waals surface area contributed by atoms with E-state index in [1.165, 1.54) is 12.8 Å². The number of thiazole rings is 1. The van der Waals surface area contributed by atoms with Crippen LogP contribution in [0.4, 0.5) is 0 Å². The molecule has 3 atom stereocenters. The predicted molar refractivity (Wildman–Crippen MR) is 148 cm³/mol. The number of benzene rings is 2. The number of aromatic nitrogens is 2. The molecule has 37 heavy (non-hydrogen) atoms. The van der Waals surface area contributed by atoms with Gasteiger partial charge < -0.3 is 4.90 Å². The van der Waals surface area contributed by atoms with E-state index >= 15 is 0 Å². The number of ketones is 1. The molecule has 2 fully saturated rings. The number of para-hydroxylation sites is 1. The first-order valence-electron chi connectivity index (χ1n) is 13.3. The number of Topliss-reactive ketones (excluding diaryl/α,β-unsaturated/α-hetero) is 1. The second-order valence-corrected chi connectivity index (χ2v) is 11.6. The molecule has 2 aromatic carbocycles. The molecular weight excluding hydrogens is 478 g/mol. The molecule has 0 unspecified atom stereocenters. The fourth-order valence-electron chi connectivity index (χ4n) is 6.43. The average Bonchev–Trinajstić information content (AvgIpc) is 3.52. The van der Waals surface area contributed by atoms with Gasteiger partial charge >= 0.3 is 0 Å². The van der Waals surface area contributed by atoms with Crippen LogP contribution in [-0.4, -0.2) is 39.1 Å². The second-order valence-electron chi connectivity index (χ2n) is 10.4. The molecular formula is C31H31N3O2S. The largest absolute Gasteiger partial charge is 0.334 e. The number of fused-ring (bicyclic) bond motifs is 2. The van der Waals surface area contributed by atoms with Crippen LogP contribution in [0.15, 0.2) is 66.9 Å². The fourth-order valence-corrected chi connectivity index (χ4v) is 7.34. The summed E-state index contributed by atoms with van der Waals surface area (Å²) in [5.74, 6) is 1.08. The zero-order valence-electron chi connectivity index (χ0n) is 21.1. The summed E-state index contributed by atoms with van der Waals surface area (Å²) in [5.41, 5.74) is 3.02. The van der Waals surface area contributed by atoms with Crippen molar-refractivity contribution in [1.29, 1.82) is 0 Å². The van der Waals surface area contributed by atoms with Crippen LogP contribution in [0.1, 0.15) is 64.4 Å². The van der Waals surface area contributed by atoms with Crippen molar-refractivity contribution in [2.45, 2.75) is 51.5 Å². The Kier molecular flexibility index (Phi) is 6.59. The summed E-state index contributed by atoms with van der Waals surface area (Å²) in [7, 11) is 0. The zero-order valence-corrected chi connectivity index (χ0v) is 21.9. The highest BCUT2D eigenvalue weighted by atomic mass is 32.1. The minimum Gasteiger partial charge on any atom is -0.334 e. The van der Waals surface area contributed by atoms with Gasteiger partial charge in [-0.1, -0.05) is 61.4 Å². The molecule has 1 amide bonds. The van der Waals surface area contributed by atoms with Crippen molar-refractivity contribution in [3.8, 4) is 10.4 Å². The van der Waals surface area contributed by atoms with Crippen LogP contribution in [0.2, 0.25) is 0 Å². The first-order chi connectivity index (χ1) is 18.1. The molecule has 1 aliphatic carbocycles. The number of likely N-dealkylation sites (tertiary alicyclic amines) is 1. The third-order valence-electron chi connectivity index (χ3n) is 8.13. The normalized spacial score (nSPS) is 21.2. The van der Waals surface area contributed by atoms with Gasteiger partial charge in [-0.15, -0.1) is 11.3 Å². The molecule has 0 spiro atoms. The summed E-state index contributed by atoms with van der Waals surface area (Å²) in [6.07, 6.45) is 7.54. The molecule has 0 N–H and O–H groups in total. The van der Waals surface area contributed by atoms with Gasteiger partial charge in [0.25, 0.3) is 5.91 Å². The molecule has 6 heteroatoms. The molecule has 2 aliphatic rings. The summed E-state index contributed by atoms with van der Waals surface area (Å²) in [6, 6.07) is 19.8. The van der Waals surface area contributed by atoms with Crippen LogP contribution in [0, 0.1) is 18.8 Å². The van der Waals surface area contributed by atoms with E-state index in [-0.39, 0.29) is 17.7 Å². The van der Waals surface area contributed by atoms with E-state index in [9.17, 15) is 9.59 Å². The molecule has 1 aliphatic heterocycles. The van der Waals surface area contributed by atoms with E-state index in [1.807, 2.05) is 67.6 Å². The van der Waals surface area contributed by atoms with Crippen molar-refractivity contribution in [2.75, 3.05) is 6.54 Å². The van der Waals surface area contributed by atoms with Crippen LogP contribution >= 0.6 is 11.3 Å². The highest BCUT2D eigenvalue weighted by Gasteiger charge is 2.45. The van der Waals surface area contributed by atoms with Crippen molar-refractivity contribution in [3.63, 3.8) is 0 Å². The molecule has 0 bridgehead atoms. The Hall–Kier alpha value is -3.38. The van der Waals surface area contributed by atoms with Crippen LogP contribution in [0.5, 0.6) is 0 Å². The van der Waals surface area contributed by atoms with E-state index in [1.54, 1.807) is 17.5 Å². The minimum absolute atomic E-state index is 0.0156. The molecule has 6 rings (SSSR count). The molecule has 1 saturated heterocycles. The summed E-state index contributed by atoms with van der Waals surface area (Å²) in [5, 5.41) is 1.87. The van der Waals surface area contributed by atoms with Crippen molar-refractivity contribution >= 4 is 33.9 Å². The van der Waals surface area contributed by atoms with Gasteiger partial charge in [0.05, 0.1) is 15.4 Å². The Balaban J connectivity index is 1.28. The third-order valence-corrected chi connectivity index (χ3v) is 9.15.